The zero-order valence-electron chi connectivity index (χ0n) is 13.6. The molecule has 2 aliphatic rings. The van der Waals surface area contributed by atoms with E-state index in [4.69, 9.17) is 15.2 Å². The standard InChI is InChI=1S/C16H30N2O3/c1-4-20-13-11-16(17,15(13,2)3)14(19)18-9-8-12-7-5-6-10-21-12/h12-13H,4-11,17H2,1-3H3,(H,18,19). The smallest absolute Gasteiger partial charge is 0.240 e. The molecule has 0 spiro atoms. The fourth-order valence-electron chi connectivity index (χ4n) is 3.36. The van der Waals surface area contributed by atoms with E-state index in [1.807, 2.05) is 20.8 Å². The zero-order valence-corrected chi connectivity index (χ0v) is 13.6. The average Bonchev–Trinajstić information content (AvgIpc) is 2.47. The van der Waals surface area contributed by atoms with E-state index >= 15 is 0 Å². The quantitative estimate of drug-likeness (QED) is 0.781. The van der Waals surface area contributed by atoms with Gasteiger partial charge in [-0.2, -0.15) is 0 Å². The molecule has 1 aliphatic heterocycles. The normalized spacial score (nSPS) is 35.0. The highest BCUT2D eigenvalue weighted by atomic mass is 16.5. The highest BCUT2D eigenvalue weighted by Gasteiger charge is 2.62. The van der Waals surface area contributed by atoms with Crippen LogP contribution in [0.15, 0.2) is 0 Å². The van der Waals surface area contributed by atoms with Crippen molar-refractivity contribution in [3.05, 3.63) is 0 Å². The Morgan fingerprint density at radius 3 is 2.76 bits per heavy atom. The number of amides is 1. The van der Waals surface area contributed by atoms with Gasteiger partial charge in [0.15, 0.2) is 0 Å². The molecule has 2 rings (SSSR count). The van der Waals surface area contributed by atoms with Gasteiger partial charge >= 0.3 is 0 Å². The van der Waals surface area contributed by atoms with E-state index in [1.54, 1.807) is 0 Å². The first-order chi connectivity index (χ1) is 9.91. The highest BCUT2D eigenvalue weighted by molar-refractivity contribution is 5.88. The molecule has 5 nitrogen and oxygen atoms in total. The maximum Gasteiger partial charge on any atom is 0.240 e. The summed E-state index contributed by atoms with van der Waals surface area (Å²) in [7, 11) is 0. The molecule has 0 radical (unpaired) electrons. The van der Waals surface area contributed by atoms with Gasteiger partial charge in [-0.15, -0.1) is 0 Å². The molecule has 21 heavy (non-hydrogen) atoms. The number of hydrogen-bond acceptors (Lipinski definition) is 4. The van der Waals surface area contributed by atoms with Crippen LogP contribution < -0.4 is 11.1 Å². The van der Waals surface area contributed by atoms with Crippen molar-refractivity contribution in [1.82, 2.24) is 5.32 Å². The number of nitrogens with one attached hydrogen (secondary N) is 1. The molecular weight excluding hydrogens is 268 g/mol. The van der Waals surface area contributed by atoms with Gasteiger partial charge in [0.25, 0.3) is 0 Å². The average molecular weight is 298 g/mol. The predicted octanol–water partition coefficient (Wildman–Crippen LogP) is 1.59. The Hall–Kier alpha value is -0.650. The van der Waals surface area contributed by atoms with Crippen LogP contribution >= 0.6 is 0 Å². The minimum absolute atomic E-state index is 0.0562. The number of rotatable bonds is 6. The summed E-state index contributed by atoms with van der Waals surface area (Å²) >= 11 is 0. The molecule has 3 unspecified atom stereocenters. The minimum atomic E-state index is -0.819. The molecule has 1 aliphatic carbocycles. The van der Waals surface area contributed by atoms with Crippen molar-refractivity contribution in [2.24, 2.45) is 11.1 Å². The summed E-state index contributed by atoms with van der Waals surface area (Å²) in [6, 6.07) is 0. The van der Waals surface area contributed by atoms with Crippen molar-refractivity contribution in [3.63, 3.8) is 0 Å². The highest BCUT2D eigenvalue weighted by Crippen LogP contribution is 2.49. The molecule has 0 aromatic rings. The third-order valence-electron chi connectivity index (χ3n) is 5.26. The van der Waals surface area contributed by atoms with Crippen molar-refractivity contribution >= 4 is 5.91 Å². The van der Waals surface area contributed by atoms with Crippen LogP contribution in [0.3, 0.4) is 0 Å². The largest absolute Gasteiger partial charge is 0.378 e. The van der Waals surface area contributed by atoms with Gasteiger partial charge in [-0.1, -0.05) is 13.8 Å². The summed E-state index contributed by atoms with van der Waals surface area (Å²) in [4.78, 5) is 12.4. The number of carbonyl (C=O) groups is 1. The van der Waals surface area contributed by atoms with Gasteiger partial charge in [-0.25, -0.2) is 0 Å². The first-order valence-corrected chi connectivity index (χ1v) is 8.22. The molecule has 2 fully saturated rings. The summed E-state index contributed by atoms with van der Waals surface area (Å²) in [5, 5.41) is 2.99. The van der Waals surface area contributed by atoms with E-state index in [2.05, 4.69) is 5.32 Å². The second-order valence-electron chi connectivity index (χ2n) is 6.87. The van der Waals surface area contributed by atoms with E-state index in [0.29, 0.717) is 25.7 Å². The summed E-state index contributed by atoms with van der Waals surface area (Å²) in [5.41, 5.74) is 5.20. The lowest BCUT2D eigenvalue weighted by Crippen LogP contribution is -2.75. The Kier molecular flexibility index (Phi) is 5.28. The predicted molar refractivity (Wildman–Crippen MR) is 81.9 cm³/mol. The van der Waals surface area contributed by atoms with Crippen LogP contribution in [-0.4, -0.2) is 43.4 Å². The topological polar surface area (TPSA) is 73.6 Å². The van der Waals surface area contributed by atoms with E-state index in [0.717, 1.165) is 25.9 Å². The lowest BCUT2D eigenvalue weighted by molar-refractivity contribution is -0.170. The first-order valence-electron chi connectivity index (χ1n) is 8.22. The summed E-state index contributed by atoms with van der Waals surface area (Å²) < 4.78 is 11.3. The Morgan fingerprint density at radius 1 is 1.43 bits per heavy atom. The molecule has 0 aromatic heterocycles. The van der Waals surface area contributed by atoms with Gasteiger partial charge in [0.2, 0.25) is 5.91 Å². The number of ether oxygens (including phenoxy) is 2. The fourth-order valence-corrected chi connectivity index (χ4v) is 3.36. The second-order valence-corrected chi connectivity index (χ2v) is 6.87. The Labute approximate surface area is 127 Å². The molecule has 1 amide bonds. The van der Waals surface area contributed by atoms with Crippen molar-refractivity contribution in [1.29, 1.82) is 0 Å². The van der Waals surface area contributed by atoms with E-state index in [9.17, 15) is 4.79 Å². The van der Waals surface area contributed by atoms with Crippen molar-refractivity contribution in [3.8, 4) is 0 Å². The molecule has 1 heterocycles. The minimum Gasteiger partial charge on any atom is -0.378 e. The second kappa shape index (κ2) is 6.63. The van der Waals surface area contributed by atoms with Crippen LogP contribution in [0.1, 0.15) is 52.9 Å². The maximum absolute atomic E-state index is 12.4. The molecule has 0 bridgehead atoms. The van der Waals surface area contributed by atoms with Gasteiger partial charge < -0.3 is 20.5 Å². The maximum atomic E-state index is 12.4. The van der Waals surface area contributed by atoms with Gasteiger partial charge in [0, 0.05) is 31.6 Å². The van der Waals surface area contributed by atoms with Crippen molar-refractivity contribution in [2.75, 3.05) is 19.8 Å². The van der Waals surface area contributed by atoms with Gasteiger partial charge in [0.05, 0.1) is 12.2 Å². The molecule has 5 heteroatoms. The van der Waals surface area contributed by atoms with Gasteiger partial charge in [-0.3, -0.25) is 4.79 Å². The zero-order chi connectivity index (χ0) is 15.5. The van der Waals surface area contributed by atoms with Crippen LogP contribution in [0.25, 0.3) is 0 Å². The van der Waals surface area contributed by atoms with Crippen LogP contribution in [0.2, 0.25) is 0 Å². The van der Waals surface area contributed by atoms with Crippen LogP contribution in [0.4, 0.5) is 0 Å². The third kappa shape index (κ3) is 3.25. The van der Waals surface area contributed by atoms with Crippen molar-refractivity contribution < 1.29 is 14.3 Å². The van der Waals surface area contributed by atoms with E-state index in [-0.39, 0.29) is 17.4 Å². The summed E-state index contributed by atoms with van der Waals surface area (Å²) in [6.45, 7) is 8.14. The fraction of sp³-hybridized carbons (Fsp3) is 0.938. The lowest BCUT2D eigenvalue weighted by atomic mass is 9.54. The molecule has 0 aromatic carbocycles. The molecular formula is C16H30N2O3. The molecule has 122 valence electrons. The number of hydrogen-bond donors (Lipinski definition) is 2. The SMILES string of the molecule is CCOC1CC(N)(C(=O)NCCC2CCCCO2)C1(C)C. The van der Waals surface area contributed by atoms with Gasteiger partial charge in [-0.05, 0) is 32.6 Å². The van der Waals surface area contributed by atoms with Gasteiger partial charge in [0.1, 0.15) is 5.54 Å². The van der Waals surface area contributed by atoms with E-state index < -0.39 is 5.54 Å². The monoisotopic (exact) mass is 298 g/mol. The molecule has 3 N–H and O–H groups in total. The molecule has 1 saturated carbocycles. The lowest BCUT2D eigenvalue weighted by Gasteiger charge is -2.57. The molecule has 1 saturated heterocycles. The summed E-state index contributed by atoms with van der Waals surface area (Å²) in [6.07, 6.45) is 5.31. The first kappa shape index (κ1) is 16.7. The molecule has 3 atom stereocenters. The Morgan fingerprint density at radius 2 is 2.19 bits per heavy atom. The van der Waals surface area contributed by atoms with Crippen LogP contribution in [0.5, 0.6) is 0 Å². The van der Waals surface area contributed by atoms with Crippen molar-refractivity contribution in [2.45, 2.75) is 70.6 Å². The van der Waals surface area contributed by atoms with Crippen LogP contribution in [-0.2, 0) is 14.3 Å². The Bertz CT molecular complexity index is 367. The summed E-state index contributed by atoms with van der Waals surface area (Å²) in [5.74, 6) is -0.0562. The third-order valence-corrected chi connectivity index (χ3v) is 5.26. The number of carbonyl (C=O) groups excluding carboxylic acids is 1. The Balaban J connectivity index is 1.77. The number of nitrogens with two attached hydrogens (primary N) is 1. The van der Waals surface area contributed by atoms with Crippen LogP contribution in [0, 0.1) is 5.41 Å². The van der Waals surface area contributed by atoms with E-state index in [1.165, 1.54) is 6.42 Å².